The van der Waals surface area contributed by atoms with Crippen molar-refractivity contribution in [3.63, 3.8) is 0 Å². The standard InChI is InChI=1S/C25H27FN4O.C2HF3O2/c1-29(23-11-14-30(15-12-23)18-19-6-5-9-21(26)16-19)24-17-22(10-13-27-24)28-25(31)20-7-3-2-4-8-20;3-2(4,5)1(6)7/h2-10,13,16-17,23H,11-12,14-15,18H2,1H3,(H,27,28,31);(H,6,7). The molecule has 7 nitrogen and oxygen atoms in total. The molecular formula is C27H28F4N4O3. The summed E-state index contributed by atoms with van der Waals surface area (Å²) >= 11 is 0. The van der Waals surface area contributed by atoms with Crippen LogP contribution in [0.25, 0.3) is 0 Å². The van der Waals surface area contributed by atoms with Gasteiger partial charge in [-0.3, -0.25) is 9.69 Å². The Bertz CT molecular complexity index is 1220. The van der Waals surface area contributed by atoms with Crippen LogP contribution < -0.4 is 10.2 Å². The highest BCUT2D eigenvalue weighted by atomic mass is 19.4. The summed E-state index contributed by atoms with van der Waals surface area (Å²) in [4.78, 5) is 30.4. The zero-order valence-electron chi connectivity index (χ0n) is 20.7. The predicted octanol–water partition coefficient (Wildman–Crippen LogP) is 5.21. The number of alkyl halides is 3. The van der Waals surface area contributed by atoms with Gasteiger partial charge in [-0.15, -0.1) is 0 Å². The molecule has 0 aliphatic carbocycles. The molecule has 2 aromatic carbocycles. The highest BCUT2D eigenvalue weighted by Crippen LogP contribution is 2.24. The largest absolute Gasteiger partial charge is 0.490 e. The van der Waals surface area contributed by atoms with E-state index in [1.54, 1.807) is 36.5 Å². The van der Waals surface area contributed by atoms with Gasteiger partial charge in [-0.1, -0.05) is 30.3 Å². The number of anilines is 2. The average molecular weight is 533 g/mol. The van der Waals surface area contributed by atoms with Gasteiger partial charge in [-0.25, -0.2) is 14.2 Å². The van der Waals surface area contributed by atoms with Crippen molar-refractivity contribution >= 4 is 23.4 Å². The number of hydrogen-bond donors (Lipinski definition) is 2. The number of nitrogens with zero attached hydrogens (tertiary/aromatic N) is 3. The van der Waals surface area contributed by atoms with Gasteiger partial charge in [0.25, 0.3) is 5.91 Å². The third kappa shape index (κ3) is 8.55. The number of piperidine rings is 1. The summed E-state index contributed by atoms with van der Waals surface area (Å²) < 4.78 is 45.2. The third-order valence-electron chi connectivity index (χ3n) is 6.04. The van der Waals surface area contributed by atoms with Gasteiger partial charge >= 0.3 is 12.1 Å². The van der Waals surface area contributed by atoms with E-state index in [0.717, 1.165) is 49.5 Å². The zero-order chi connectivity index (χ0) is 27.7. The fourth-order valence-electron chi connectivity index (χ4n) is 4.03. The van der Waals surface area contributed by atoms with Crippen LogP contribution in [-0.2, 0) is 11.3 Å². The van der Waals surface area contributed by atoms with E-state index in [2.05, 4.69) is 27.1 Å². The van der Waals surface area contributed by atoms with Gasteiger partial charge in [-0.2, -0.15) is 13.2 Å². The lowest BCUT2D eigenvalue weighted by Gasteiger charge is -2.37. The van der Waals surface area contributed by atoms with Gasteiger partial charge in [-0.05, 0) is 48.7 Å². The average Bonchev–Trinajstić information content (AvgIpc) is 2.89. The molecule has 0 bridgehead atoms. The Hall–Kier alpha value is -3.99. The summed E-state index contributed by atoms with van der Waals surface area (Å²) in [5.74, 6) is -2.23. The quantitative estimate of drug-likeness (QED) is 0.424. The van der Waals surface area contributed by atoms with Gasteiger partial charge in [0, 0.05) is 56.2 Å². The third-order valence-corrected chi connectivity index (χ3v) is 6.04. The second-order valence-corrected chi connectivity index (χ2v) is 8.77. The molecule has 202 valence electrons. The van der Waals surface area contributed by atoms with Crippen LogP contribution in [0.5, 0.6) is 0 Å². The van der Waals surface area contributed by atoms with E-state index in [0.29, 0.717) is 11.6 Å². The van der Waals surface area contributed by atoms with E-state index in [1.165, 1.54) is 6.07 Å². The van der Waals surface area contributed by atoms with Crippen molar-refractivity contribution in [3.8, 4) is 0 Å². The van der Waals surface area contributed by atoms with Gasteiger partial charge in [0.2, 0.25) is 0 Å². The van der Waals surface area contributed by atoms with E-state index in [9.17, 15) is 22.4 Å². The molecule has 1 aliphatic heterocycles. The first-order valence-corrected chi connectivity index (χ1v) is 11.8. The van der Waals surface area contributed by atoms with Crippen molar-refractivity contribution in [2.75, 3.05) is 30.4 Å². The van der Waals surface area contributed by atoms with E-state index < -0.39 is 12.1 Å². The summed E-state index contributed by atoms with van der Waals surface area (Å²) in [6, 6.07) is 20.1. The van der Waals surface area contributed by atoms with Gasteiger partial charge in [0.1, 0.15) is 11.6 Å². The SMILES string of the molecule is CN(c1cc(NC(=O)c2ccccc2)ccn1)C1CCN(Cc2cccc(F)c2)CC1.O=C(O)C(F)(F)F. The minimum Gasteiger partial charge on any atom is -0.475 e. The maximum atomic E-state index is 13.4. The monoisotopic (exact) mass is 532 g/mol. The lowest BCUT2D eigenvalue weighted by Crippen LogP contribution is -2.43. The van der Waals surface area contributed by atoms with E-state index in [1.807, 2.05) is 30.3 Å². The molecule has 4 rings (SSSR count). The maximum Gasteiger partial charge on any atom is 0.490 e. The van der Waals surface area contributed by atoms with Crippen molar-refractivity contribution in [3.05, 3.63) is 89.9 Å². The van der Waals surface area contributed by atoms with Crippen molar-refractivity contribution in [2.24, 2.45) is 0 Å². The summed E-state index contributed by atoms with van der Waals surface area (Å²) in [5, 5.41) is 10.1. The Morgan fingerprint density at radius 1 is 1.05 bits per heavy atom. The molecular weight excluding hydrogens is 504 g/mol. The summed E-state index contributed by atoms with van der Waals surface area (Å²) in [6.07, 6.45) is -1.34. The van der Waals surface area contributed by atoms with Crippen LogP contribution in [0.1, 0.15) is 28.8 Å². The Kier molecular flexibility index (Phi) is 9.78. The number of hydrogen-bond acceptors (Lipinski definition) is 5. The number of carbonyl (C=O) groups excluding carboxylic acids is 1. The van der Waals surface area contributed by atoms with Crippen LogP contribution in [-0.4, -0.2) is 59.2 Å². The number of carboxylic acid groups (broad SMARTS) is 1. The van der Waals surface area contributed by atoms with Gasteiger partial charge in [0.15, 0.2) is 0 Å². The molecule has 0 saturated carbocycles. The van der Waals surface area contributed by atoms with Crippen LogP contribution in [0, 0.1) is 5.82 Å². The number of aliphatic carboxylic acids is 1. The smallest absolute Gasteiger partial charge is 0.475 e. The second kappa shape index (κ2) is 13.0. The summed E-state index contributed by atoms with van der Waals surface area (Å²) in [7, 11) is 2.05. The number of carbonyl (C=O) groups is 2. The lowest BCUT2D eigenvalue weighted by molar-refractivity contribution is -0.192. The fourth-order valence-corrected chi connectivity index (χ4v) is 4.03. The fraction of sp³-hybridized carbons (Fsp3) is 0.296. The Balaban J connectivity index is 0.000000505. The van der Waals surface area contributed by atoms with Crippen molar-refractivity contribution in [1.29, 1.82) is 0 Å². The minimum atomic E-state index is -5.08. The normalized spacial score (nSPS) is 14.2. The number of nitrogens with one attached hydrogen (secondary N) is 1. The van der Waals surface area contributed by atoms with Crippen LogP contribution >= 0.6 is 0 Å². The molecule has 2 heterocycles. The van der Waals surface area contributed by atoms with Crippen LogP contribution in [0.3, 0.4) is 0 Å². The first-order valence-electron chi connectivity index (χ1n) is 11.8. The highest BCUT2D eigenvalue weighted by molar-refractivity contribution is 6.04. The number of likely N-dealkylation sites (tertiary alicyclic amines) is 1. The topological polar surface area (TPSA) is 85.8 Å². The van der Waals surface area contributed by atoms with Crippen molar-refractivity contribution < 1.29 is 32.3 Å². The number of pyridine rings is 1. The maximum absolute atomic E-state index is 13.4. The van der Waals surface area contributed by atoms with Crippen LogP contribution in [0.15, 0.2) is 72.9 Å². The molecule has 0 atom stereocenters. The number of benzene rings is 2. The van der Waals surface area contributed by atoms with Crippen molar-refractivity contribution in [2.45, 2.75) is 31.6 Å². The molecule has 1 fully saturated rings. The number of rotatable bonds is 6. The van der Waals surface area contributed by atoms with Gasteiger partial charge in [0.05, 0.1) is 0 Å². The number of carboxylic acids is 1. The zero-order valence-corrected chi connectivity index (χ0v) is 20.7. The Labute approximate surface area is 217 Å². The van der Waals surface area contributed by atoms with Crippen LogP contribution in [0.4, 0.5) is 29.1 Å². The molecule has 0 unspecified atom stereocenters. The molecule has 1 aliphatic rings. The summed E-state index contributed by atoms with van der Waals surface area (Å²) in [6.45, 7) is 2.68. The number of halogens is 4. The molecule has 0 radical (unpaired) electrons. The molecule has 38 heavy (non-hydrogen) atoms. The Morgan fingerprint density at radius 2 is 1.71 bits per heavy atom. The van der Waals surface area contributed by atoms with E-state index >= 15 is 0 Å². The lowest BCUT2D eigenvalue weighted by atomic mass is 10.0. The minimum absolute atomic E-state index is 0.133. The number of amides is 1. The molecule has 2 N–H and O–H groups in total. The van der Waals surface area contributed by atoms with Crippen LogP contribution in [0.2, 0.25) is 0 Å². The molecule has 3 aromatic rings. The Morgan fingerprint density at radius 3 is 2.32 bits per heavy atom. The van der Waals surface area contributed by atoms with Gasteiger partial charge < -0.3 is 15.3 Å². The first-order chi connectivity index (χ1) is 18.0. The number of aromatic nitrogens is 1. The second-order valence-electron chi connectivity index (χ2n) is 8.77. The molecule has 0 spiro atoms. The molecule has 1 amide bonds. The molecule has 1 aromatic heterocycles. The highest BCUT2D eigenvalue weighted by Gasteiger charge is 2.38. The first kappa shape index (κ1) is 28.6. The van der Waals surface area contributed by atoms with Crippen molar-refractivity contribution in [1.82, 2.24) is 9.88 Å². The predicted molar refractivity (Wildman–Crippen MR) is 135 cm³/mol. The summed E-state index contributed by atoms with van der Waals surface area (Å²) in [5.41, 5.74) is 2.37. The molecule has 11 heteroatoms. The van der Waals surface area contributed by atoms with E-state index in [-0.39, 0.29) is 11.7 Å². The molecule has 1 saturated heterocycles. The van der Waals surface area contributed by atoms with E-state index in [4.69, 9.17) is 9.90 Å².